The molecule has 0 fully saturated rings. The molecule has 0 radical (unpaired) electrons. The monoisotopic (exact) mass is 395 g/mol. The summed E-state index contributed by atoms with van der Waals surface area (Å²) < 4.78 is 12.7. The molecule has 0 aliphatic rings. The fraction of sp³-hybridized carbons (Fsp3) is 0.333. The maximum atomic E-state index is 12.3. The van der Waals surface area contributed by atoms with Crippen molar-refractivity contribution < 1.29 is 14.3 Å². The van der Waals surface area contributed by atoms with Crippen LogP contribution in [0.15, 0.2) is 48.5 Å². The zero-order valence-electron chi connectivity index (χ0n) is 16.8. The Bertz CT molecular complexity index is 937. The fourth-order valence-corrected chi connectivity index (χ4v) is 2.81. The summed E-state index contributed by atoms with van der Waals surface area (Å²) in [5.74, 6) is 1.99. The lowest BCUT2D eigenvalue weighted by molar-refractivity contribution is 0.0954. The Morgan fingerprint density at radius 3 is 2.66 bits per heavy atom. The Labute approximate surface area is 169 Å². The summed E-state index contributed by atoms with van der Waals surface area (Å²) in [4.78, 5) is 12.3. The Kier molecular flexibility index (Phi) is 6.78. The zero-order chi connectivity index (χ0) is 20.6. The molecule has 8 nitrogen and oxygen atoms in total. The van der Waals surface area contributed by atoms with Crippen molar-refractivity contribution in [3.8, 4) is 11.5 Å². The van der Waals surface area contributed by atoms with Crippen LogP contribution in [0.2, 0.25) is 0 Å². The molecule has 0 saturated heterocycles. The van der Waals surface area contributed by atoms with Crippen molar-refractivity contribution in [2.75, 3.05) is 13.7 Å². The molecule has 0 unspecified atom stereocenters. The third kappa shape index (κ3) is 5.54. The van der Waals surface area contributed by atoms with Gasteiger partial charge in [0.1, 0.15) is 18.1 Å². The molecule has 152 valence electrons. The molecule has 0 spiro atoms. The number of methoxy groups -OCH3 is 1. The molecule has 1 heterocycles. The average molecular weight is 395 g/mol. The summed E-state index contributed by atoms with van der Waals surface area (Å²) in [5.41, 5.74) is 1.69. The summed E-state index contributed by atoms with van der Waals surface area (Å²) in [5, 5.41) is 14.5. The standard InChI is InChI=1S/C21H25N5O3/c1-15(2)26-20(23-24-25-26)14-29-18-9-7-17(8-10-18)21(27)22-12-11-16-5-4-6-19(13-16)28-3/h4-10,13,15H,11-12,14H2,1-3H3,(H,22,27). The van der Waals surface area contributed by atoms with Crippen LogP contribution in [0.5, 0.6) is 11.5 Å². The van der Waals surface area contributed by atoms with E-state index in [0.29, 0.717) is 23.7 Å². The van der Waals surface area contributed by atoms with E-state index in [1.54, 1.807) is 36.1 Å². The van der Waals surface area contributed by atoms with Crippen LogP contribution in [-0.4, -0.2) is 39.8 Å². The Hall–Kier alpha value is -3.42. The summed E-state index contributed by atoms with van der Waals surface area (Å²) in [6.07, 6.45) is 0.731. The first kappa shape index (κ1) is 20.3. The van der Waals surface area contributed by atoms with E-state index in [1.165, 1.54) is 0 Å². The third-order valence-electron chi connectivity index (χ3n) is 4.37. The minimum atomic E-state index is -0.122. The van der Waals surface area contributed by atoms with Crippen LogP contribution < -0.4 is 14.8 Å². The van der Waals surface area contributed by atoms with Gasteiger partial charge in [0.2, 0.25) is 0 Å². The fourth-order valence-electron chi connectivity index (χ4n) is 2.81. The van der Waals surface area contributed by atoms with Crippen LogP contribution in [-0.2, 0) is 13.0 Å². The van der Waals surface area contributed by atoms with Gasteiger partial charge in [-0.05, 0) is 72.7 Å². The van der Waals surface area contributed by atoms with Gasteiger partial charge in [-0.25, -0.2) is 4.68 Å². The van der Waals surface area contributed by atoms with E-state index < -0.39 is 0 Å². The largest absolute Gasteiger partial charge is 0.497 e. The number of nitrogens with one attached hydrogen (secondary N) is 1. The molecule has 2 aromatic carbocycles. The molecule has 3 aromatic rings. The molecule has 1 N–H and O–H groups in total. The van der Waals surface area contributed by atoms with Crippen molar-refractivity contribution in [2.24, 2.45) is 0 Å². The van der Waals surface area contributed by atoms with Gasteiger partial charge in [-0.2, -0.15) is 0 Å². The second-order valence-corrected chi connectivity index (χ2v) is 6.80. The molecule has 0 aliphatic carbocycles. The summed E-state index contributed by atoms with van der Waals surface area (Å²) in [6, 6.07) is 15.0. The molecule has 1 amide bonds. The van der Waals surface area contributed by atoms with Crippen molar-refractivity contribution in [1.29, 1.82) is 0 Å². The number of amides is 1. The number of aromatic nitrogens is 4. The number of benzene rings is 2. The molecule has 29 heavy (non-hydrogen) atoms. The number of carbonyl (C=O) groups is 1. The van der Waals surface area contributed by atoms with Crippen LogP contribution in [0.4, 0.5) is 0 Å². The first-order valence-corrected chi connectivity index (χ1v) is 9.47. The van der Waals surface area contributed by atoms with Crippen LogP contribution in [0.25, 0.3) is 0 Å². The van der Waals surface area contributed by atoms with Crippen molar-refractivity contribution >= 4 is 5.91 Å². The van der Waals surface area contributed by atoms with Gasteiger partial charge in [-0.15, -0.1) is 5.10 Å². The van der Waals surface area contributed by atoms with E-state index in [9.17, 15) is 4.79 Å². The number of hydrogen-bond acceptors (Lipinski definition) is 6. The Morgan fingerprint density at radius 2 is 1.93 bits per heavy atom. The van der Waals surface area contributed by atoms with Crippen LogP contribution in [0.3, 0.4) is 0 Å². The lowest BCUT2D eigenvalue weighted by Gasteiger charge is -2.10. The van der Waals surface area contributed by atoms with E-state index >= 15 is 0 Å². The predicted octanol–water partition coefficient (Wildman–Crippen LogP) is 2.81. The first-order chi connectivity index (χ1) is 14.1. The summed E-state index contributed by atoms with van der Waals surface area (Å²) in [7, 11) is 1.64. The Balaban J connectivity index is 1.48. The quantitative estimate of drug-likeness (QED) is 0.599. The number of hydrogen-bond donors (Lipinski definition) is 1. The summed E-state index contributed by atoms with van der Waals surface area (Å²) in [6.45, 7) is 4.81. The molecule has 1 aromatic heterocycles. The second-order valence-electron chi connectivity index (χ2n) is 6.80. The smallest absolute Gasteiger partial charge is 0.251 e. The predicted molar refractivity (Wildman–Crippen MR) is 108 cm³/mol. The maximum Gasteiger partial charge on any atom is 0.251 e. The summed E-state index contributed by atoms with van der Waals surface area (Å²) >= 11 is 0. The van der Waals surface area contributed by atoms with E-state index in [1.807, 2.05) is 38.1 Å². The number of nitrogens with zero attached hydrogens (tertiary/aromatic N) is 4. The van der Waals surface area contributed by atoms with Crippen LogP contribution in [0, 0.1) is 0 Å². The number of tetrazole rings is 1. The van der Waals surface area contributed by atoms with Gasteiger partial charge in [0.15, 0.2) is 5.82 Å². The van der Waals surface area contributed by atoms with Gasteiger partial charge < -0.3 is 14.8 Å². The minimum Gasteiger partial charge on any atom is -0.497 e. The molecule has 0 aliphatic heterocycles. The zero-order valence-corrected chi connectivity index (χ0v) is 16.8. The maximum absolute atomic E-state index is 12.3. The average Bonchev–Trinajstić information content (AvgIpc) is 3.22. The van der Waals surface area contributed by atoms with Gasteiger partial charge in [0, 0.05) is 12.1 Å². The van der Waals surface area contributed by atoms with Crippen molar-refractivity contribution in [2.45, 2.75) is 32.9 Å². The molecule has 3 rings (SSSR count). The minimum absolute atomic E-state index is 0.122. The lowest BCUT2D eigenvalue weighted by Crippen LogP contribution is -2.25. The molecule has 0 atom stereocenters. The number of ether oxygens (including phenoxy) is 2. The van der Waals surface area contributed by atoms with Crippen molar-refractivity contribution in [3.05, 3.63) is 65.5 Å². The van der Waals surface area contributed by atoms with Crippen molar-refractivity contribution in [3.63, 3.8) is 0 Å². The third-order valence-corrected chi connectivity index (χ3v) is 4.37. The van der Waals surface area contributed by atoms with Crippen molar-refractivity contribution in [1.82, 2.24) is 25.5 Å². The van der Waals surface area contributed by atoms with E-state index in [4.69, 9.17) is 9.47 Å². The highest BCUT2D eigenvalue weighted by Gasteiger charge is 2.10. The van der Waals surface area contributed by atoms with E-state index in [2.05, 4.69) is 20.8 Å². The molecular formula is C21H25N5O3. The van der Waals surface area contributed by atoms with Gasteiger partial charge in [0.05, 0.1) is 13.2 Å². The van der Waals surface area contributed by atoms with E-state index in [-0.39, 0.29) is 18.6 Å². The van der Waals surface area contributed by atoms with Crippen LogP contribution in [0.1, 0.15) is 41.6 Å². The molecule has 0 saturated carbocycles. The topological polar surface area (TPSA) is 91.2 Å². The van der Waals surface area contributed by atoms with Gasteiger partial charge in [0.25, 0.3) is 5.91 Å². The molecule has 8 heteroatoms. The normalized spacial score (nSPS) is 10.8. The highest BCUT2D eigenvalue weighted by molar-refractivity contribution is 5.94. The second kappa shape index (κ2) is 9.68. The molecule has 0 bridgehead atoms. The molecular weight excluding hydrogens is 370 g/mol. The highest BCUT2D eigenvalue weighted by Crippen LogP contribution is 2.15. The van der Waals surface area contributed by atoms with Crippen LogP contribution >= 0.6 is 0 Å². The van der Waals surface area contributed by atoms with Gasteiger partial charge in [-0.3, -0.25) is 4.79 Å². The number of rotatable bonds is 9. The SMILES string of the molecule is COc1cccc(CCNC(=O)c2ccc(OCc3nnnn3C(C)C)cc2)c1. The highest BCUT2D eigenvalue weighted by atomic mass is 16.5. The van der Waals surface area contributed by atoms with Gasteiger partial charge in [-0.1, -0.05) is 12.1 Å². The van der Waals surface area contributed by atoms with E-state index in [0.717, 1.165) is 17.7 Å². The lowest BCUT2D eigenvalue weighted by atomic mass is 10.1. The number of carbonyl (C=O) groups excluding carboxylic acids is 1. The first-order valence-electron chi connectivity index (χ1n) is 9.47. The Morgan fingerprint density at radius 1 is 1.14 bits per heavy atom. The van der Waals surface area contributed by atoms with Gasteiger partial charge >= 0.3 is 0 Å².